The van der Waals surface area contributed by atoms with Crippen molar-refractivity contribution in [2.24, 2.45) is 5.73 Å². The van der Waals surface area contributed by atoms with Crippen LogP contribution in [0.2, 0.25) is 5.02 Å². The summed E-state index contributed by atoms with van der Waals surface area (Å²) in [4.78, 5) is 0. The van der Waals surface area contributed by atoms with Crippen LogP contribution in [0.3, 0.4) is 0 Å². The van der Waals surface area contributed by atoms with Crippen LogP contribution >= 0.6 is 11.6 Å². The van der Waals surface area contributed by atoms with Crippen LogP contribution in [0.4, 0.5) is 0 Å². The van der Waals surface area contributed by atoms with E-state index in [0.29, 0.717) is 11.4 Å². The summed E-state index contributed by atoms with van der Waals surface area (Å²) in [6, 6.07) is 16.0. The highest BCUT2D eigenvalue weighted by atomic mass is 35.5. The third-order valence-corrected chi connectivity index (χ3v) is 4.36. The summed E-state index contributed by atoms with van der Waals surface area (Å²) in [6.07, 6.45) is 0.714. The zero-order valence-corrected chi connectivity index (χ0v) is 13.5. The first kappa shape index (κ1) is 15.9. The normalized spacial score (nSPS) is 13.0. The number of rotatable bonds is 5. The molecule has 2 aromatic rings. The maximum Gasteiger partial charge on any atom is 0.122 e. The SMILES string of the molecule is COc1ccc(Cl)cc1CC(N)C(C)(C)c1ccccc1. The molecule has 0 amide bonds. The van der Waals surface area contributed by atoms with E-state index in [-0.39, 0.29) is 11.5 Å². The Morgan fingerprint density at radius 2 is 1.81 bits per heavy atom. The largest absolute Gasteiger partial charge is 0.496 e. The number of halogens is 1. The summed E-state index contributed by atoms with van der Waals surface area (Å²) in [5.74, 6) is 0.832. The first-order chi connectivity index (χ1) is 9.95. The van der Waals surface area contributed by atoms with Crippen molar-refractivity contribution in [3.63, 3.8) is 0 Å². The molecular weight excluding hydrogens is 282 g/mol. The van der Waals surface area contributed by atoms with E-state index in [1.165, 1.54) is 5.56 Å². The third kappa shape index (κ3) is 3.58. The fourth-order valence-electron chi connectivity index (χ4n) is 2.48. The monoisotopic (exact) mass is 303 g/mol. The molecule has 21 heavy (non-hydrogen) atoms. The standard InChI is InChI=1S/C18H22ClNO/c1-18(2,14-7-5-4-6-8-14)17(20)12-13-11-15(19)9-10-16(13)21-3/h4-11,17H,12,20H2,1-3H3. The summed E-state index contributed by atoms with van der Waals surface area (Å²) in [5.41, 5.74) is 8.64. The second-order valence-corrected chi connectivity index (χ2v) is 6.29. The highest BCUT2D eigenvalue weighted by molar-refractivity contribution is 6.30. The van der Waals surface area contributed by atoms with E-state index in [4.69, 9.17) is 22.1 Å². The van der Waals surface area contributed by atoms with Crippen LogP contribution < -0.4 is 10.5 Å². The van der Waals surface area contributed by atoms with E-state index in [2.05, 4.69) is 26.0 Å². The Labute approximate surface area is 131 Å². The fraction of sp³-hybridized carbons (Fsp3) is 0.333. The minimum atomic E-state index is -0.130. The second kappa shape index (κ2) is 6.50. The topological polar surface area (TPSA) is 35.2 Å². The summed E-state index contributed by atoms with van der Waals surface area (Å²) in [7, 11) is 1.67. The lowest BCUT2D eigenvalue weighted by atomic mass is 9.76. The number of ether oxygens (including phenoxy) is 1. The lowest BCUT2D eigenvalue weighted by Gasteiger charge is -2.32. The van der Waals surface area contributed by atoms with Gasteiger partial charge in [0.15, 0.2) is 0 Å². The van der Waals surface area contributed by atoms with Gasteiger partial charge in [-0.05, 0) is 35.7 Å². The van der Waals surface area contributed by atoms with Crippen molar-refractivity contribution in [1.82, 2.24) is 0 Å². The van der Waals surface area contributed by atoms with Gasteiger partial charge in [0.05, 0.1) is 7.11 Å². The van der Waals surface area contributed by atoms with E-state index in [1.54, 1.807) is 7.11 Å². The highest BCUT2D eigenvalue weighted by Gasteiger charge is 2.29. The maximum absolute atomic E-state index is 6.49. The van der Waals surface area contributed by atoms with Crippen molar-refractivity contribution in [2.75, 3.05) is 7.11 Å². The lowest BCUT2D eigenvalue weighted by Crippen LogP contribution is -2.42. The quantitative estimate of drug-likeness (QED) is 0.898. The number of hydrogen-bond acceptors (Lipinski definition) is 2. The Morgan fingerprint density at radius 3 is 2.43 bits per heavy atom. The summed E-state index contributed by atoms with van der Waals surface area (Å²) in [5, 5.41) is 0.704. The molecule has 0 aliphatic heterocycles. The molecule has 0 saturated heterocycles. The molecule has 2 aromatic carbocycles. The molecule has 0 radical (unpaired) electrons. The molecular formula is C18H22ClNO. The van der Waals surface area contributed by atoms with Gasteiger partial charge in [0.1, 0.15) is 5.75 Å². The van der Waals surface area contributed by atoms with Crippen LogP contribution in [0.1, 0.15) is 25.0 Å². The van der Waals surface area contributed by atoms with Crippen molar-refractivity contribution in [3.8, 4) is 5.75 Å². The highest BCUT2D eigenvalue weighted by Crippen LogP contribution is 2.31. The molecule has 112 valence electrons. The summed E-state index contributed by atoms with van der Waals surface area (Å²) in [6.45, 7) is 4.34. The Morgan fingerprint density at radius 1 is 1.14 bits per heavy atom. The average Bonchev–Trinajstić information content (AvgIpc) is 2.48. The molecule has 2 nitrogen and oxygen atoms in total. The Bertz CT molecular complexity index is 595. The van der Waals surface area contributed by atoms with Gasteiger partial charge in [-0.1, -0.05) is 55.8 Å². The Balaban J connectivity index is 2.25. The molecule has 0 saturated carbocycles. The lowest BCUT2D eigenvalue weighted by molar-refractivity contribution is 0.385. The van der Waals surface area contributed by atoms with Gasteiger partial charge < -0.3 is 10.5 Å². The molecule has 0 aliphatic carbocycles. The number of benzene rings is 2. The van der Waals surface area contributed by atoms with Crippen LogP contribution in [0.25, 0.3) is 0 Å². The fourth-order valence-corrected chi connectivity index (χ4v) is 2.68. The van der Waals surface area contributed by atoms with Gasteiger partial charge in [-0.2, -0.15) is 0 Å². The molecule has 1 unspecified atom stereocenters. The predicted octanol–water partition coefficient (Wildman–Crippen LogP) is 4.20. The maximum atomic E-state index is 6.49. The third-order valence-electron chi connectivity index (χ3n) is 4.13. The molecule has 3 heteroatoms. The van der Waals surface area contributed by atoms with Gasteiger partial charge in [0.25, 0.3) is 0 Å². The first-order valence-corrected chi connectivity index (χ1v) is 7.46. The van der Waals surface area contributed by atoms with Gasteiger partial charge >= 0.3 is 0 Å². The number of hydrogen-bond donors (Lipinski definition) is 1. The van der Waals surface area contributed by atoms with Gasteiger partial charge in [-0.15, -0.1) is 0 Å². The second-order valence-electron chi connectivity index (χ2n) is 5.85. The Kier molecular flexibility index (Phi) is 4.92. The van der Waals surface area contributed by atoms with E-state index in [9.17, 15) is 0 Å². The molecule has 2 N–H and O–H groups in total. The van der Waals surface area contributed by atoms with Crippen LogP contribution in [0, 0.1) is 0 Å². The van der Waals surface area contributed by atoms with Gasteiger partial charge in [-0.3, -0.25) is 0 Å². The summed E-state index contributed by atoms with van der Waals surface area (Å²) < 4.78 is 5.41. The molecule has 1 atom stereocenters. The van der Waals surface area contributed by atoms with Crippen LogP contribution in [-0.4, -0.2) is 13.2 Å². The smallest absolute Gasteiger partial charge is 0.122 e. The van der Waals surface area contributed by atoms with Crippen molar-refractivity contribution in [3.05, 3.63) is 64.7 Å². The molecule has 0 bridgehead atoms. The van der Waals surface area contributed by atoms with Crippen molar-refractivity contribution >= 4 is 11.6 Å². The van der Waals surface area contributed by atoms with Gasteiger partial charge in [0.2, 0.25) is 0 Å². The van der Waals surface area contributed by atoms with Crippen molar-refractivity contribution < 1.29 is 4.74 Å². The number of methoxy groups -OCH3 is 1. The summed E-state index contributed by atoms with van der Waals surface area (Å²) >= 11 is 6.09. The van der Waals surface area contributed by atoms with Crippen LogP contribution in [0.5, 0.6) is 5.75 Å². The molecule has 0 spiro atoms. The van der Waals surface area contributed by atoms with Crippen LogP contribution in [0.15, 0.2) is 48.5 Å². The molecule has 0 fully saturated rings. The first-order valence-electron chi connectivity index (χ1n) is 7.08. The average molecular weight is 304 g/mol. The minimum Gasteiger partial charge on any atom is -0.496 e. The minimum absolute atomic E-state index is 0.0349. The van der Waals surface area contributed by atoms with Crippen molar-refractivity contribution in [2.45, 2.75) is 31.7 Å². The zero-order chi connectivity index (χ0) is 15.5. The van der Waals surface area contributed by atoms with E-state index in [1.807, 2.05) is 36.4 Å². The molecule has 0 heterocycles. The van der Waals surface area contributed by atoms with Crippen LogP contribution in [-0.2, 0) is 11.8 Å². The van der Waals surface area contributed by atoms with E-state index < -0.39 is 0 Å². The zero-order valence-electron chi connectivity index (χ0n) is 12.8. The Hall–Kier alpha value is -1.51. The molecule has 0 aliphatic rings. The molecule has 0 aromatic heterocycles. The van der Waals surface area contributed by atoms with Crippen molar-refractivity contribution in [1.29, 1.82) is 0 Å². The molecule has 2 rings (SSSR count). The predicted molar refractivity (Wildman–Crippen MR) is 89.2 cm³/mol. The van der Waals surface area contributed by atoms with Gasteiger partial charge in [0, 0.05) is 16.5 Å². The van der Waals surface area contributed by atoms with Gasteiger partial charge in [-0.25, -0.2) is 0 Å². The van der Waals surface area contributed by atoms with E-state index in [0.717, 1.165) is 11.3 Å². The van der Waals surface area contributed by atoms with E-state index >= 15 is 0 Å². The number of nitrogens with two attached hydrogens (primary N) is 1.